The Morgan fingerprint density at radius 2 is 1.60 bits per heavy atom. The van der Waals surface area contributed by atoms with Crippen LogP contribution in [0.3, 0.4) is 0 Å². The van der Waals surface area contributed by atoms with Gasteiger partial charge in [-0.15, -0.1) is 0 Å². The third kappa shape index (κ3) is 5.49. The largest absolute Gasteiger partial charge is 0.333 e. The van der Waals surface area contributed by atoms with E-state index < -0.39 is 5.91 Å². The van der Waals surface area contributed by atoms with Crippen molar-refractivity contribution in [2.75, 3.05) is 18.9 Å². The van der Waals surface area contributed by atoms with E-state index >= 15 is 0 Å². The molecule has 0 saturated carbocycles. The van der Waals surface area contributed by atoms with Gasteiger partial charge in [-0.25, -0.2) is 0 Å². The molecule has 0 atom stereocenters. The first kappa shape index (κ1) is 19.3. The Labute approximate surface area is 161 Å². The average molecular weight is 398 g/mol. The number of nitrogens with zero attached hydrogens (tertiary/aromatic N) is 1. The number of amides is 2. The van der Waals surface area contributed by atoms with E-state index in [-0.39, 0.29) is 12.5 Å². The van der Waals surface area contributed by atoms with Crippen molar-refractivity contribution in [3.8, 4) is 0 Å². The topological polar surface area (TPSA) is 49.4 Å². The van der Waals surface area contributed by atoms with Gasteiger partial charge in [0.15, 0.2) is 0 Å². The Hall–Kier alpha value is -2.01. The summed E-state index contributed by atoms with van der Waals surface area (Å²) >= 11 is 18.0. The number of nitrogens with one attached hydrogen (secondary N) is 1. The van der Waals surface area contributed by atoms with Crippen molar-refractivity contribution in [2.24, 2.45) is 0 Å². The van der Waals surface area contributed by atoms with Gasteiger partial charge in [0.25, 0.3) is 0 Å². The van der Waals surface area contributed by atoms with Crippen LogP contribution in [0.2, 0.25) is 15.1 Å². The maximum Gasteiger partial charge on any atom is 0.246 e. The van der Waals surface area contributed by atoms with E-state index in [1.54, 1.807) is 42.5 Å². The SMILES string of the molecule is CN(CC(=O)Nc1c(Cl)cccc1Cl)C(=O)/C=C/c1ccccc1Cl. The quantitative estimate of drug-likeness (QED) is 0.740. The molecule has 2 amide bonds. The summed E-state index contributed by atoms with van der Waals surface area (Å²) in [6.07, 6.45) is 2.96. The molecule has 0 bridgehead atoms. The van der Waals surface area contributed by atoms with Gasteiger partial charge in [-0.05, 0) is 29.8 Å². The molecule has 0 radical (unpaired) electrons. The number of rotatable bonds is 5. The number of halogens is 3. The standard InChI is InChI=1S/C18H15Cl3N2O2/c1-23(17(25)10-9-12-5-2-3-6-13(12)19)11-16(24)22-18-14(20)7-4-8-15(18)21/h2-10H,11H2,1H3,(H,22,24)/b10-9+. The molecule has 0 aliphatic heterocycles. The van der Waals surface area contributed by atoms with Crippen molar-refractivity contribution < 1.29 is 9.59 Å². The summed E-state index contributed by atoms with van der Waals surface area (Å²) in [7, 11) is 1.52. The van der Waals surface area contributed by atoms with Crippen LogP contribution in [-0.2, 0) is 9.59 Å². The van der Waals surface area contributed by atoms with Crippen LogP contribution in [0.25, 0.3) is 6.08 Å². The molecular weight excluding hydrogens is 383 g/mol. The lowest BCUT2D eigenvalue weighted by atomic mass is 10.2. The zero-order chi connectivity index (χ0) is 18.4. The summed E-state index contributed by atoms with van der Waals surface area (Å²) in [5, 5.41) is 3.80. The second-order valence-corrected chi connectivity index (χ2v) is 6.42. The van der Waals surface area contributed by atoms with E-state index in [0.29, 0.717) is 20.8 Å². The predicted octanol–water partition coefficient (Wildman–Crippen LogP) is 4.76. The monoisotopic (exact) mass is 396 g/mol. The van der Waals surface area contributed by atoms with Gasteiger partial charge in [0.1, 0.15) is 0 Å². The molecule has 2 aromatic carbocycles. The molecular formula is C18H15Cl3N2O2. The number of hydrogen-bond acceptors (Lipinski definition) is 2. The van der Waals surface area contributed by atoms with Crippen LogP contribution in [-0.4, -0.2) is 30.3 Å². The average Bonchev–Trinajstić information content (AvgIpc) is 2.57. The molecule has 0 unspecified atom stereocenters. The number of benzene rings is 2. The summed E-state index contributed by atoms with van der Waals surface area (Å²) in [5.74, 6) is -0.739. The van der Waals surface area contributed by atoms with Crippen LogP contribution in [0, 0.1) is 0 Å². The smallest absolute Gasteiger partial charge is 0.246 e. The minimum atomic E-state index is -0.406. The van der Waals surface area contributed by atoms with Gasteiger partial charge < -0.3 is 10.2 Å². The third-order valence-corrected chi connectivity index (χ3v) is 4.27. The molecule has 0 saturated heterocycles. The van der Waals surface area contributed by atoms with Crippen LogP contribution in [0.15, 0.2) is 48.5 Å². The van der Waals surface area contributed by atoms with Gasteiger partial charge in [0, 0.05) is 18.1 Å². The number of likely N-dealkylation sites (N-methyl/N-ethyl adjacent to an activating group) is 1. The molecule has 130 valence electrons. The first-order valence-electron chi connectivity index (χ1n) is 7.30. The lowest BCUT2D eigenvalue weighted by molar-refractivity contribution is -0.129. The van der Waals surface area contributed by atoms with Crippen molar-refractivity contribution in [1.29, 1.82) is 0 Å². The van der Waals surface area contributed by atoms with E-state index in [1.807, 2.05) is 6.07 Å². The highest BCUT2D eigenvalue weighted by molar-refractivity contribution is 6.39. The van der Waals surface area contributed by atoms with Gasteiger partial charge in [-0.3, -0.25) is 9.59 Å². The summed E-state index contributed by atoms with van der Waals surface area (Å²) in [6.45, 7) is -0.146. The minimum absolute atomic E-state index is 0.146. The molecule has 2 rings (SSSR count). The van der Waals surface area contributed by atoms with Crippen molar-refractivity contribution in [1.82, 2.24) is 4.90 Å². The highest BCUT2D eigenvalue weighted by Crippen LogP contribution is 2.29. The number of carbonyl (C=O) groups excluding carboxylic acids is 2. The van der Waals surface area contributed by atoms with Gasteiger partial charge in [-0.1, -0.05) is 59.1 Å². The van der Waals surface area contributed by atoms with Crippen molar-refractivity contribution in [3.05, 3.63) is 69.2 Å². The summed E-state index contributed by atoms with van der Waals surface area (Å²) in [5.41, 5.74) is 1.04. The van der Waals surface area contributed by atoms with Gasteiger partial charge in [0.05, 0.1) is 22.3 Å². The van der Waals surface area contributed by atoms with Crippen LogP contribution in [0.1, 0.15) is 5.56 Å². The van der Waals surface area contributed by atoms with Gasteiger partial charge in [0.2, 0.25) is 11.8 Å². The summed E-state index contributed by atoms with van der Waals surface area (Å²) < 4.78 is 0. The Morgan fingerprint density at radius 1 is 1.00 bits per heavy atom. The molecule has 7 heteroatoms. The molecule has 0 aliphatic carbocycles. The zero-order valence-electron chi connectivity index (χ0n) is 13.3. The fourth-order valence-corrected chi connectivity index (χ4v) is 2.68. The molecule has 0 spiro atoms. The van der Waals surface area contributed by atoms with Crippen molar-refractivity contribution in [3.63, 3.8) is 0 Å². The maximum absolute atomic E-state index is 12.1. The van der Waals surface area contributed by atoms with Gasteiger partial charge >= 0.3 is 0 Å². The van der Waals surface area contributed by atoms with E-state index in [4.69, 9.17) is 34.8 Å². The normalized spacial score (nSPS) is 10.7. The van der Waals surface area contributed by atoms with E-state index in [1.165, 1.54) is 18.0 Å². The zero-order valence-corrected chi connectivity index (χ0v) is 15.6. The van der Waals surface area contributed by atoms with Gasteiger partial charge in [-0.2, -0.15) is 0 Å². The van der Waals surface area contributed by atoms with Crippen molar-refractivity contribution >= 4 is 58.4 Å². The third-order valence-electron chi connectivity index (χ3n) is 3.29. The Bertz CT molecular complexity index is 801. The van der Waals surface area contributed by atoms with Crippen LogP contribution >= 0.6 is 34.8 Å². The molecule has 0 aromatic heterocycles. The molecule has 4 nitrogen and oxygen atoms in total. The second kappa shape index (κ2) is 8.90. The first-order chi connectivity index (χ1) is 11.9. The highest BCUT2D eigenvalue weighted by atomic mass is 35.5. The first-order valence-corrected chi connectivity index (χ1v) is 8.43. The fourth-order valence-electron chi connectivity index (χ4n) is 1.99. The van der Waals surface area contributed by atoms with E-state index in [2.05, 4.69) is 5.32 Å². The number of para-hydroxylation sites is 1. The second-order valence-electron chi connectivity index (χ2n) is 5.19. The number of anilines is 1. The fraction of sp³-hybridized carbons (Fsp3) is 0.111. The lowest BCUT2D eigenvalue weighted by Gasteiger charge is -2.16. The van der Waals surface area contributed by atoms with Crippen molar-refractivity contribution in [2.45, 2.75) is 0 Å². The minimum Gasteiger partial charge on any atom is -0.333 e. The Kier molecular flexibility index (Phi) is 6.88. The summed E-state index contributed by atoms with van der Waals surface area (Å²) in [4.78, 5) is 25.5. The number of hydrogen-bond donors (Lipinski definition) is 1. The van der Waals surface area contributed by atoms with Crippen LogP contribution in [0.4, 0.5) is 5.69 Å². The maximum atomic E-state index is 12.1. The molecule has 2 aromatic rings. The summed E-state index contributed by atoms with van der Waals surface area (Å²) in [6, 6.07) is 12.1. The molecule has 0 fully saturated rings. The van der Waals surface area contributed by atoms with E-state index in [9.17, 15) is 9.59 Å². The van der Waals surface area contributed by atoms with E-state index in [0.717, 1.165) is 5.56 Å². The van der Waals surface area contributed by atoms with Crippen LogP contribution < -0.4 is 5.32 Å². The molecule has 25 heavy (non-hydrogen) atoms. The lowest BCUT2D eigenvalue weighted by Crippen LogP contribution is -2.34. The molecule has 1 N–H and O–H groups in total. The number of carbonyl (C=O) groups is 2. The molecule has 0 heterocycles. The van der Waals surface area contributed by atoms with Crippen LogP contribution in [0.5, 0.6) is 0 Å². The highest BCUT2D eigenvalue weighted by Gasteiger charge is 2.13. The molecule has 0 aliphatic rings. The Balaban J connectivity index is 1.97. The predicted molar refractivity (Wildman–Crippen MR) is 103 cm³/mol. The Morgan fingerprint density at radius 3 is 2.24 bits per heavy atom.